The first-order valence-corrected chi connectivity index (χ1v) is 8.16. The van der Waals surface area contributed by atoms with Crippen molar-refractivity contribution in [3.8, 4) is 5.75 Å². The van der Waals surface area contributed by atoms with Crippen molar-refractivity contribution < 1.29 is 14.3 Å². The number of ether oxygens (including phenoxy) is 2. The molecule has 138 valence electrons. The number of benzene rings is 2. The van der Waals surface area contributed by atoms with Crippen LogP contribution in [0.5, 0.6) is 5.75 Å². The lowest BCUT2D eigenvalue weighted by Gasteiger charge is -2.14. The Labute approximate surface area is 153 Å². The van der Waals surface area contributed by atoms with Crippen LogP contribution in [0.2, 0.25) is 0 Å². The number of carbonyl (C=O) groups is 1. The molecule has 0 bridgehead atoms. The largest absolute Gasteiger partial charge is 0.496 e. The van der Waals surface area contributed by atoms with Gasteiger partial charge in [0.2, 0.25) is 0 Å². The fraction of sp³-hybridized carbons (Fsp3) is 0.263. The van der Waals surface area contributed by atoms with Gasteiger partial charge in [0.1, 0.15) is 5.75 Å². The molecule has 2 rings (SSSR count). The van der Waals surface area contributed by atoms with E-state index in [0.29, 0.717) is 24.7 Å². The highest BCUT2D eigenvalue weighted by Gasteiger charge is 2.04. The van der Waals surface area contributed by atoms with Gasteiger partial charge in [-0.3, -0.25) is 10.3 Å². The molecule has 0 aliphatic heterocycles. The van der Waals surface area contributed by atoms with Gasteiger partial charge in [0.25, 0.3) is 0 Å². The van der Waals surface area contributed by atoms with Crippen molar-refractivity contribution in [1.82, 2.24) is 10.6 Å². The molecule has 26 heavy (non-hydrogen) atoms. The second-order valence-corrected chi connectivity index (χ2v) is 5.40. The van der Waals surface area contributed by atoms with Crippen molar-refractivity contribution in [3.63, 3.8) is 0 Å². The van der Waals surface area contributed by atoms with Gasteiger partial charge in [-0.15, -0.1) is 0 Å². The highest BCUT2D eigenvalue weighted by atomic mass is 16.5. The number of rotatable bonds is 6. The maximum atomic E-state index is 11.2. The maximum Gasteiger partial charge on any atom is 0.411 e. The summed E-state index contributed by atoms with van der Waals surface area (Å²) in [6, 6.07) is 15.3. The van der Waals surface area contributed by atoms with Gasteiger partial charge in [-0.25, -0.2) is 4.79 Å². The molecule has 0 saturated carbocycles. The van der Waals surface area contributed by atoms with Crippen molar-refractivity contribution in [2.75, 3.05) is 26.6 Å². The summed E-state index contributed by atoms with van der Waals surface area (Å²) in [4.78, 5) is 15.4. The Hall–Kier alpha value is -3.22. The number of guanidine groups is 1. The van der Waals surface area contributed by atoms with Crippen LogP contribution in [0.15, 0.2) is 53.5 Å². The second-order valence-electron chi connectivity index (χ2n) is 5.40. The molecule has 1 amide bonds. The van der Waals surface area contributed by atoms with E-state index >= 15 is 0 Å². The standard InChI is InChI=1S/C19H24N4O3/c1-20-18(22-13-15-6-4-5-7-17(15)25-2)21-12-14-8-10-16(11-9-14)23-19(24)26-3/h4-11H,12-13H2,1-3H3,(H,23,24)(H2,20,21,22). The highest BCUT2D eigenvalue weighted by molar-refractivity contribution is 5.84. The van der Waals surface area contributed by atoms with Gasteiger partial charge < -0.3 is 20.1 Å². The van der Waals surface area contributed by atoms with E-state index in [-0.39, 0.29) is 0 Å². The number of nitrogens with zero attached hydrogens (tertiary/aromatic N) is 1. The molecule has 7 nitrogen and oxygen atoms in total. The van der Waals surface area contributed by atoms with Crippen molar-refractivity contribution in [2.45, 2.75) is 13.1 Å². The van der Waals surface area contributed by atoms with E-state index in [9.17, 15) is 4.79 Å². The monoisotopic (exact) mass is 356 g/mol. The Balaban J connectivity index is 1.86. The number of nitrogens with one attached hydrogen (secondary N) is 3. The van der Waals surface area contributed by atoms with Crippen LogP contribution < -0.4 is 20.7 Å². The summed E-state index contributed by atoms with van der Waals surface area (Å²) in [6.07, 6.45) is -0.489. The Morgan fingerprint density at radius 1 is 1.00 bits per heavy atom. The van der Waals surface area contributed by atoms with Gasteiger partial charge in [0.15, 0.2) is 5.96 Å². The van der Waals surface area contributed by atoms with E-state index in [1.807, 2.05) is 48.5 Å². The predicted octanol–water partition coefficient (Wildman–Crippen LogP) is 2.74. The third-order valence-electron chi connectivity index (χ3n) is 3.71. The van der Waals surface area contributed by atoms with Gasteiger partial charge in [0, 0.05) is 31.4 Å². The van der Waals surface area contributed by atoms with E-state index in [4.69, 9.17) is 4.74 Å². The molecule has 0 unspecified atom stereocenters. The van der Waals surface area contributed by atoms with Gasteiger partial charge in [-0.05, 0) is 23.8 Å². The zero-order chi connectivity index (χ0) is 18.8. The third-order valence-corrected chi connectivity index (χ3v) is 3.71. The lowest BCUT2D eigenvalue weighted by atomic mass is 10.2. The van der Waals surface area contributed by atoms with Crippen LogP contribution in [0.4, 0.5) is 10.5 Å². The van der Waals surface area contributed by atoms with Crippen LogP contribution in [-0.2, 0) is 17.8 Å². The molecule has 0 aliphatic rings. The molecule has 0 radical (unpaired) electrons. The van der Waals surface area contributed by atoms with Gasteiger partial charge >= 0.3 is 6.09 Å². The molecule has 7 heteroatoms. The number of methoxy groups -OCH3 is 2. The summed E-state index contributed by atoms with van der Waals surface area (Å²) in [5.41, 5.74) is 2.79. The third kappa shape index (κ3) is 5.70. The fourth-order valence-corrected chi connectivity index (χ4v) is 2.31. The molecular formula is C19H24N4O3. The summed E-state index contributed by atoms with van der Waals surface area (Å²) in [5.74, 6) is 1.52. The normalized spacial score (nSPS) is 10.8. The topological polar surface area (TPSA) is 84.0 Å². The summed E-state index contributed by atoms with van der Waals surface area (Å²) >= 11 is 0. The predicted molar refractivity (Wildman–Crippen MR) is 103 cm³/mol. The molecule has 2 aromatic carbocycles. The lowest BCUT2D eigenvalue weighted by Crippen LogP contribution is -2.36. The van der Waals surface area contributed by atoms with Crippen LogP contribution >= 0.6 is 0 Å². The first-order chi connectivity index (χ1) is 12.7. The van der Waals surface area contributed by atoms with Gasteiger partial charge in [-0.1, -0.05) is 30.3 Å². The van der Waals surface area contributed by atoms with Crippen molar-refractivity contribution >= 4 is 17.7 Å². The number of hydrogen-bond acceptors (Lipinski definition) is 4. The van der Waals surface area contributed by atoms with E-state index < -0.39 is 6.09 Å². The van der Waals surface area contributed by atoms with Crippen molar-refractivity contribution in [3.05, 3.63) is 59.7 Å². The van der Waals surface area contributed by atoms with Crippen LogP contribution in [-0.4, -0.2) is 33.3 Å². The number of carbonyl (C=O) groups excluding carboxylic acids is 1. The van der Waals surface area contributed by atoms with Gasteiger partial charge in [-0.2, -0.15) is 0 Å². The Morgan fingerprint density at radius 2 is 1.69 bits per heavy atom. The molecule has 0 saturated heterocycles. The first-order valence-electron chi connectivity index (χ1n) is 8.16. The molecule has 0 aromatic heterocycles. The molecule has 0 fully saturated rings. The number of aliphatic imine (C=N–C) groups is 1. The Morgan fingerprint density at radius 3 is 2.35 bits per heavy atom. The maximum absolute atomic E-state index is 11.2. The number of hydrogen-bond donors (Lipinski definition) is 3. The van der Waals surface area contributed by atoms with Crippen LogP contribution in [0.1, 0.15) is 11.1 Å². The SMILES string of the molecule is CN=C(NCc1ccc(NC(=O)OC)cc1)NCc1ccccc1OC. The molecule has 0 atom stereocenters. The highest BCUT2D eigenvalue weighted by Crippen LogP contribution is 2.16. The van der Waals surface area contributed by atoms with Crippen molar-refractivity contribution in [2.24, 2.45) is 4.99 Å². The molecular weight excluding hydrogens is 332 g/mol. The molecule has 0 aliphatic carbocycles. The summed E-state index contributed by atoms with van der Waals surface area (Å²) in [6.45, 7) is 1.20. The summed E-state index contributed by atoms with van der Waals surface area (Å²) < 4.78 is 9.91. The van der Waals surface area contributed by atoms with E-state index in [1.54, 1.807) is 14.2 Å². The minimum atomic E-state index is -0.489. The number of anilines is 1. The molecule has 3 N–H and O–H groups in total. The fourth-order valence-electron chi connectivity index (χ4n) is 2.31. The zero-order valence-electron chi connectivity index (χ0n) is 15.2. The average Bonchev–Trinajstić information content (AvgIpc) is 2.69. The number of para-hydroxylation sites is 1. The molecule has 0 spiro atoms. The first kappa shape index (κ1) is 19.1. The zero-order valence-corrected chi connectivity index (χ0v) is 15.2. The lowest BCUT2D eigenvalue weighted by molar-refractivity contribution is 0.187. The van der Waals surface area contributed by atoms with Crippen LogP contribution in [0.3, 0.4) is 0 Å². The average molecular weight is 356 g/mol. The van der Waals surface area contributed by atoms with Crippen LogP contribution in [0.25, 0.3) is 0 Å². The van der Waals surface area contributed by atoms with Crippen LogP contribution in [0, 0.1) is 0 Å². The summed E-state index contributed by atoms with van der Waals surface area (Å²) in [5, 5.41) is 9.13. The molecule has 0 heterocycles. The molecule has 2 aromatic rings. The quantitative estimate of drug-likeness (QED) is 0.547. The Bertz CT molecular complexity index is 745. The minimum Gasteiger partial charge on any atom is -0.496 e. The van der Waals surface area contributed by atoms with E-state index in [0.717, 1.165) is 16.9 Å². The number of amides is 1. The minimum absolute atomic E-state index is 0.489. The Kier molecular flexibility index (Phi) is 7.30. The van der Waals surface area contributed by atoms with E-state index in [2.05, 4.69) is 25.7 Å². The second kappa shape index (κ2) is 9.93. The van der Waals surface area contributed by atoms with Crippen molar-refractivity contribution in [1.29, 1.82) is 0 Å². The van der Waals surface area contributed by atoms with Gasteiger partial charge in [0.05, 0.1) is 14.2 Å². The smallest absolute Gasteiger partial charge is 0.411 e. The summed E-state index contributed by atoms with van der Waals surface area (Å²) in [7, 11) is 4.71. The van der Waals surface area contributed by atoms with E-state index in [1.165, 1.54) is 7.11 Å².